The molecule has 0 spiro atoms. The number of phenols is 1. The lowest BCUT2D eigenvalue weighted by Gasteiger charge is -2.50. The number of benzene rings is 1. The van der Waals surface area contributed by atoms with E-state index in [1.54, 1.807) is 32.3 Å². The number of nitrogens with zero attached hydrogens (tertiary/aromatic N) is 2. The fourth-order valence-electron chi connectivity index (χ4n) is 6.06. The number of fused-ring (bicyclic) bond motifs is 3. The number of aliphatic hydroxyl groups is 3. The van der Waals surface area contributed by atoms with Gasteiger partial charge in [-0.05, 0) is 62.2 Å². The second-order valence-corrected chi connectivity index (χ2v) is 10.2. The van der Waals surface area contributed by atoms with Gasteiger partial charge in [-0.3, -0.25) is 19.3 Å². The Morgan fingerprint density at radius 1 is 1.16 bits per heavy atom. The van der Waals surface area contributed by atoms with Gasteiger partial charge in [0, 0.05) is 23.3 Å². The minimum Gasteiger partial charge on any atom is -0.510 e. The summed E-state index contributed by atoms with van der Waals surface area (Å²) in [6.07, 6.45) is 1.73. The van der Waals surface area contributed by atoms with E-state index in [0.29, 0.717) is 16.7 Å². The van der Waals surface area contributed by atoms with Gasteiger partial charge in [0.25, 0.3) is 5.91 Å². The molecule has 0 saturated carbocycles. The summed E-state index contributed by atoms with van der Waals surface area (Å²) >= 11 is 5.92. The number of pyridine rings is 1. The number of halogens is 1. The SMILES string of the molecule is CN(C)[C@H]1C(O)=C(C(N)=O)C(=O)[C@@]2(O)C(O)=C3C(=O)c4c(O)ccc(-c5ccc(Cl)nc5)c4C[C@H]3C[C@@H]12. The van der Waals surface area contributed by atoms with Crippen LogP contribution in [0.15, 0.2) is 53.1 Å². The van der Waals surface area contributed by atoms with Crippen LogP contribution in [0.1, 0.15) is 22.3 Å². The Hall–Kier alpha value is -3.73. The number of carbonyl (C=O) groups is 3. The lowest BCUT2D eigenvalue weighted by molar-refractivity contribution is -0.148. The monoisotopic (exact) mass is 525 g/mol. The van der Waals surface area contributed by atoms with Crippen LogP contribution in [0.4, 0.5) is 0 Å². The first-order chi connectivity index (χ1) is 17.4. The number of hydrogen-bond donors (Lipinski definition) is 5. The van der Waals surface area contributed by atoms with Crippen molar-refractivity contribution >= 4 is 29.1 Å². The fraction of sp³-hybridized carbons (Fsp3) is 0.308. The van der Waals surface area contributed by atoms with Gasteiger partial charge in [-0.25, -0.2) is 4.98 Å². The van der Waals surface area contributed by atoms with Gasteiger partial charge in [0.1, 0.15) is 28.0 Å². The number of ketones is 2. The first-order valence-electron chi connectivity index (χ1n) is 11.5. The zero-order valence-electron chi connectivity index (χ0n) is 19.9. The number of primary amides is 1. The van der Waals surface area contributed by atoms with E-state index < -0.39 is 58.0 Å². The highest BCUT2D eigenvalue weighted by Gasteiger charge is 2.63. The van der Waals surface area contributed by atoms with Gasteiger partial charge in [-0.1, -0.05) is 17.7 Å². The third-order valence-corrected chi connectivity index (χ3v) is 7.87. The Bertz CT molecular complexity index is 1450. The molecule has 0 bridgehead atoms. The number of rotatable bonds is 3. The summed E-state index contributed by atoms with van der Waals surface area (Å²) in [7, 11) is 3.16. The number of phenolic OH excluding ortho intramolecular Hbond substituents is 1. The lowest BCUT2D eigenvalue weighted by atomic mass is 9.58. The molecule has 0 aliphatic heterocycles. The van der Waals surface area contributed by atoms with Gasteiger partial charge in [0.2, 0.25) is 5.78 Å². The highest BCUT2D eigenvalue weighted by Crippen LogP contribution is 2.53. The van der Waals surface area contributed by atoms with E-state index >= 15 is 0 Å². The number of likely N-dealkylation sites (N-methyl/N-ethyl adjacent to an activating group) is 1. The molecule has 0 saturated heterocycles. The number of amides is 1. The molecule has 3 aliphatic rings. The van der Waals surface area contributed by atoms with E-state index in [1.165, 1.54) is 17.2 Å². The minimum absolute atomic E-state index is 0.0136. The van der Waals surface area contributed by atoms with Gasteiger partial charge < -0.3 is 26.2 Å². The molecule has 1 heterocycles. The second kappa shape index (κ2) is 8.41. The molecule has 0 fully saturated rings. The number of aromatic hydroxyl groups is 1. The molecule has 11 heteroatoms. The molecule has 0 radical (unpaired) electrons. The van der Waals surface area contributed by atoms with E-state index in [-0.39, 0.29) is 34.9 Å². The summed E-state index contributed by atoms with van der Waals surface area (Å²) in [5, 5.41) is 44.7. The zero-order valence-corrected chi connectivity index (χ0v) is 20.7. The van der Waals surface area contributed by atoms with Crippen molar-refractivity contribution in [2.75, 3.05) is 14.1 Å². The van der Waals surface area contributed by atoms with Gasteiger partial charge in [-0.2, -0.15) is 0 Å². The number of hydrogen-bond acceptors (Lipinski definition) is 9. The highest BCUT2D eigenvalue weighted by molar-refractivity contribution is 6.29. The summed E-state index contributed by atoms with van der Waals surface area (Å²) in [4.78, 5) is 44.7. The molecule has 4 atom stereocenters. The third-order valence-electron chi connectivity index (χ3n) is 7.64. The van der Waals surface area contributed by atoms with Gasteiger partial charge in [0.05, 0.1) is 11.6 Å². The Morgan fingerprint density at radius 3 is 2.46 bits per heavy atom. The van der Waals surface area contributed by atoms with Crippen molar-refractivity contribution in [1.29, 1.82) is 0 Å². The predicted octanol–water partition coefficient (Wildman–Crippen LogP) is 1.84. The molecule has 0 unspecified atom stereocenters. The Balaban J connectivity index is 1.72. The topological polar surface area (TPSA) is 174 Å². The van der Waals surface area contributed by atoms with E-state index in [4.69, 9.17) is 17.3 Å². The third kappa shape index (κ3) is 3.40. The fourth-order valence-corrected chi connectivity index (χ4v) is 6.17. The lowest BCUT2D eigenvalue weighted by Crippen LogP contribution is -2.63. The molecule has 192 valence electrons. The highest BCUT2D eigenvalue weighted by atomic mass is 35.5. The first kappa shape index (κ1) is 24.9. The first-order valence-corrected chi connectivity index (χ1v) is 11.9. The van der Waals surface area contributed by atoms with Crippen LogP contribution < -0.4 is 5.73 Å². The van der Waals surface area contributed by atoms with Crippen molar-refractivity contribution in [2.24, 2.45) is 17.6 Å². The van der Waals surface area contributed by atoms with Crippen molar-refractivity contribution in [2.45, 2.75) is 24.5 Å². The maximum atomic E-state index is 13.7. The molecule has 2 aromatic rings. The second-order valence-electron chi connectivity index (χ2n) is 9.82. The van der Waals surface area contributed by atoms with Crippen LogP contribution in [-0.2, 0) is 16.0 Å². The molecule has 1 aromatic heterocycles. The molecular formula is C26H24ClN3O7. The molecule has 6 N–H and O–H groups in total. The summed E-state index contributed by atoms with van der Waals surface area (Å²) in [5.74, 6) is -6.86. The minimum atomic E-state index is -2.67. The van der Waals surface area contributed by atoms with Crippen LogP contribution in [0.3, 0.4) is 0 Å². The Labute approximate surface area is 216 Å². The van der Waals surface area contributed by atoms with E-state index in [0.717, 1.165) is 0 Å². The average molecular weight is 526 g/mol. The quantitative estimate of drug-likeness (QED) is 0.296. The van der Waals surface area contributed by atoms with Crippen molar-refractivity contribution in [3.8, 4) is 16.9 Å². The molecule has 1 amide bonds. The predicted molar refractivity (Wildman–Crippen MR) is 132 cm³/mol. The standard InChI is InChI=1S/C26H24ClN3O7/c1-30(2)20-14-8-11-7-13-12(10-3-6-16(27)29-9-10)4-5-15(31)18(13)21(32)17(11)23(34)26(14,37)24(35)19(22(20)33)25(28)36/h3-6,9,11,14,20,31,33-34,37H,7-8H2,1-2H3,(H2,28,36)/t11-,14-,20+,26-/m0/s1. The normalized spacial score (nSPS) is 27.2. The van der Waals surface area contributed by atoms with E-state index in [2.05, 4.69) is 4.98 Å². The van der Waals surface area contributed by atoms with Crippen LogP contribution in [0, 0.1) is 11.8 Å². The zero-order chi connectivity index (χ0) is 27.0. The van der Waals surface area contributed by atoms with Crippen LogP contribution in [0.2, 0.25) is 5.15 Å². The molecule has 37 heavy (non-hydrogen) atoms. The summed E-state index contributed by atoms with van der Waals surface area (Å²) in [6.45, 7) is 0. The maximum Gasteiger partial charge on any atom is 0.255 e. The van der Waals surface area contributed by atoms with Crippen LogP contribution >= 0.6 is 11.6 Å². The maximum absolute atomic E-state index is 13.7. The van der Waals surface area contributed by atoms with Crippen molar-refractivity contribution in [3.05, 3.63) is 69.4 Å². The van der Waals surface area contributed by atoms with E-state index in [1.807, 2.05) is 0 Å². The number of nitrogens with two attached hydrogens (primary N) is 1. The number of carbonyl (C=O) groups excluding carboxylic acids is 3. The molecule has 5 rings (SSSR count). The number of aromatic nitrogens is 1. The largest absolute Gasteiger partial charge is 0.510 e. The molecule has 10 nitrogen and oxygen atoms in total. The smallest absolute Gasteiger partial charge is 0.255 e. The molecule has 1 aromatic carbocycles. The summed E-state index contributed by atoms with van der Waals surface area (Å²) in [6, 6.07) is 5.28. The number of allylic oxidation sites excluding steroid dienone is 1. The molecular weight excluding hydrogens is 502 g/mol. The van der Waals surface area contributed by atoms with Gasteiger partial charge >= 0.3 is 0 Å². The van der Waals surface area contributed by atoms with Gasteiger partial charge in [0.15, 0.2) is 11.4 Å². The Morgan fingerprint density at radius 2 is 1.86 bits per heavy atom. The van der Waals surface area contributed by atoms with Crippen molar-refractivity contribution in [1.82, 2.24) is 9.88 Å². The summed E-state index contributed by atoms with van der Waals surface area (Å²) in [5.41, 5.74) is 3.37. The Kier molecular flexibility index (Phi) is 5.67. The number of Topliss-reactive ketones (excluding diaryl/α,β-unsaturated/α-hetero) is 2. The van der Waals surface area contributed by atoms with Crippen molar-refractivity contribution in [3.63, 3.8) is 0 Å². The molecule has 3 aliphatic carbocycles. The average Bonchev–Trinajstić information content (AvgIpc) is 2.82. The van der Waals surface area contributed by atoms with Gasteiger partial charge in [-0.15, -0.1) is 0 Å². The summed E-state index contributed by atoms with van der Waals surface area (Å²) < 4.78 is 0. The van der Waals surface area contributed by atoms with E-state index in [9.17, 15) is 34.8 Å². The van der Waals surface area contributed by atoms with Crippen molar-refractivity contribution < 1.29 is 34.8 Å². The van der Waals surface area contributed by atoms with Crippen LogP contribution in [0.5, 0.6) is 5.75 Å². The van der Waals surface area contributed by atoms with Crippen LogP contribution in [-0.4, -0.2) is 73.5 Å². The number of aliphatic hydroxyl groups excluding tert-OH is 2. The van der Waals surface area contributed by atoms with Crippen LogP contribution in [0.25, 0.3) is 11.1 Å².